The van der Waals surface area contributed by atoms with Crippen LogP contribution >= 0.6 is 15.9 Å². The van der Waals surface area contributed by atoms with Crippen LogP contribution < -0.4 is 5.32 Å². The first kappa shape index (κ1) is 6.87. The number of nitrogens with one attached hydrogen (secondary N) is 1. The number of hydrogen-bond acceptors (Lipinski definition) is 2. The Morgan fingerprint density at radius 1 is 1.27 bits per heavy atom. The molecule has 62 valence electrons. The van der Waals surface area contributed by atoms with Gasteiger partial charge in [-0.2, -0.15) is 0 Å². The maximum atomic E-state index is 5.86. The minimum absolute atomic E-state index is 0.503. The van der Waals surface area contributed by atoms with Crippen LogP contribution in [0.1, 0.15) is 19.3 Å². The van der Waals surface area contributed by atoms with Gasteiger partial charge in [0.25, 0.3) is 0 Å². The molecule has 0 radical (unpaired) electrons. The van der Waals surface area contributed by atoms with E-state index >= 15 is 0 Å². The van der Waals surface area contributed by atoms with Gasteiger partial charge in [0.2, 0.25) is 0 Å². The van der Waals surface area contributed by atoms with E-state index in [1.807, 2.05) is 0 Å². The molecule has 5 heterocycles. The molecule has 2 nitrogen and oxygen atoms in total. The van der Waals surface area contributed by atoms with Crippen LogP contribution in [0.3, 0.4) is 0 Å². The maximum absolute atomic E-state index is 5.86. The Morgan fingerprint density at radius 2 is 2.18 bits per heavy atom. The second kappa shape index (κ2) is 2.21. The van der Waals surface area contributed by atoms with Gasteiger partial charge in [-0.15, -0.1) is 0 Å². The number of ether oxygens (including phenoxy) is 1. The summed E-state index contributed by atoms with van der Waals surface area (Å²) >= 11 is 3.70. The fourth-order valence-electron chi connectivity index (χ4n) is 2.65. The molecule has 5 aliphatic rings. The summed E-state index contributed by atoms with van der Waals surface area (Å²) in [5, 5.41) is 3.63. The van der Waals surface area contributed by atoms with Crippen LogP contribution in [-0.4, -0.2) is 29.1 Å². The van der Waals surface area contributed by atoms with Crippen molar-refractivity contribution < 1.29 is 4.74 Å². The van der Waals surface area contributed by atoms with Gasteiger partial charge in [-0.25, -0.2) is 0 Å². The Labute approximate surface area is 74.8 Å². The molecule has 5 aliphatic heterocycles. The number of piperidine rings is 2. The molecule has 5 rings (SSSR count). The molecule has 0 aromatic carbocycles. The number of hydrogen-bond donors (Lipinski definition) is 1. The molecular formula is C8H12BrNO. The van der Waals surface area contributed by atoms with Crippen LogP contribution in [0, 0.1) is 0 Å². The lowest BCUT2D eigenvalue weighted by Gasteiger charge is -2.55. The minimum Gasteiger partial charge on any atom is -0.372 e. The molecule has 0 spiro atoms. The second-order valence-electron chi connectivity index (χ2n) is 3.84. The summed E-state index contributed by atoms with van der Waals surface area (Å²) in [6, 6.07) is 1.26. The van der Waals surface area contributed by atoms with Gasteiger partial charge < -0.3 is 10.1 Å². The third-order valence-electron chi connectivity index (χ3n) is 3.21. The Kier molecular flexibility index (Phi) is 1.38. The molecule has 4 bridgehead atoms. The van der Waals surface area contributed by atoms with E-state index in [1.165, 1.54) is 19.3 Å². The SMILES string of the molecule is BrC1CC2OC3CCC2NC13. The second-order valence-corrected chi connectivity index (χ2v) is 5.02. The lowest BCUT2D eigenvalue weighted by atomic mass is 9.79. The van der Waals surface area contributed by atoms with Crippen LogP contribution in [0.2, 0.25) is 0 Å². The van der Waals surface area contributed by atoms with Crippen LogP contribution in [-0.2, 0) is 4.74 Å². The first-order chi connectivity index (χ1) is 5.34. The van der Waals surface area contributed by atoms with E-state index < -0.39 is 0 Å². The van der Waals surface area contributed by atoms with Crippen LogP contribution in [0.25, 0.3) is 0 Å². The highest BCUT2D eigenvalue weighted by Gasteiger charge is 2.50. The standard InChI is InChI=1S/C8H12BrNO/c9-4-3-7-5-1-2-6(11-7)8(4)10-5/h4-8,10H,1-3H2. The van der Waals surface area contributed by atoms with Crippen molar-refractivity contribution in [3.63, 3.8) is 0 Å². The summed E-state index contributed by atoms with van der Waals surface area (Å²) in [4.78, 5) is 0.655. The summed E-state index contributed by atoms with van der Waals surface area (Å²) < 4.78 is 5.86. The van der Waals surface area contributed by atoms with Gasteiger partial charge in [0.1, 0.15) is 0 Å². The first-order valence-electron chi connectivity index (χ1n) is 4.40. The van der Waals surface area contributed by atoms with Gasteiger partial charge in [-0.1, -0.05) is 15.9 Å². The summed E-state index contributed by atoms with van der Waals surface area (Å²) in [5.41, 5.74) is 0. The van der Waals surface area contributed by atoms with Crippen molar-refractivity contribution in [1.29, 1.82) is 0 Å². The molecule has 3 heteroatoms. The Morgan fingerprint density at radius 3 is 2.73 bits per heavy atom. The zero-order valence-corrected chi connectivity index (χ0v) is 7.88. The molecule has 0 saturated carbocycles. The Bertz CT molecular complexity index is 185. The molecule has 5 atom stereocenters. The van der Waals surface area contributed by atoms with Gasteiger partial charge in [-0.3, -0.25) is 0 Å². The van der Waals surface area contributed by atoms with Crippen LogP contribution in [0.15, 0.2) is 0 Å². The average Bonchev–Trinajstić information content (AvgIpc) is 2.05. The van der Waals surface area contributed by atoms with E-state index in [-0.39, 0.29) is 0 Å². The molecule has 0 aromatic heterocycles. The fraction of sp³-hybridized carbons (Fsp3) is 1.00. The number of halogens is 1. The third kappa shape index (κ3) is 0.849. The minimum atomic E-state index is 0.503. The molecule has 1 N–H and O–H groups in total. The van der Waals surface area contributed by atoms with E-state index in [0.717, 1.165) is 0 Å². The van der Waals surface area contributed by atoms with E-state index in [0.29, 0.717) is 29.1 Å². The predicted molar refractivity (Wildman–Crippen MR) is 45.9 cm³/mol. The first-order valence-corrected chi connectivity index (χ1v) is 5.32. The number of alkyl halides is 1. The number of morpholine rings is 1. The normalized spacial score (nSPS) is 60.3. The summed E-state index contributed by atoms with van der Waals surface area (Å²) in [6.07, 6.45) is 4.80. The molecular weight excluding hydrogens is 206 g/mol. The molecule has 5 saturated heterocycles. The van der Waals surface area contributed by atoms with Gasteiger partial charge in [0, 0.05) is 16.9 Å². The van der Waals surface area contributed by atoms with Crippen LogP contribution in [0.5, 0.6) is 0 Å². The fourth-order valence-corrected chi connectivity index (χ4v) is 3.51. The lowest BCUT2D eigenvalue weighted by molar-refractivity contribution is -0.155. The highest BCUT2D eigenvalue weighted by molar-refractivity contribution is 9.09. The number of rotatable bonds is 0. The molecule has 0 aromatic rings. The van der Waals surface area contributed by atoms with Crippen molar-refractivity contribution in [2.24, 2.45) is 0 Å². The monoisotopic (exact) mass is 217 g/mol. The highest BCUT2D eigenvalue weighted by Crippen LogP contribution is 2.40. The zero-order valence-electron chi connectivity index (χ0n) is 6.29. The van der Waals surface area contributed by atoms with Crippen molar-refractivity contribution in [3.8, 4) is 0 Å². The summed E-state index contributed by atoms with van der Waals surface area (Å²) in [6.45, 7) is 0. The topological polar surface area (TPSA) is 21.3 Å². The van der Waals surface area contributed by atoms with E-state index in [9.17, 15) is 0 Å². The van der Waals surface area contributed by atoms with E-state index in [4.69, 9.17) is 4.74 Å². The van der Waals surface area contributed by atoms with E-state index in [2.05, 4.69) is 21.2 Å². The lowest BCUT2D eigenvalue weighted by Crippen LogP contribution is -2.70. The Balaban J connectivity index is 1.93. The highest BCUT2D eigenvalue weighted by atomic mass is 79.9. The number of fused-ring (bicyclic) bond motifs is 2. The quantitative estimate of drug-likeness (QED) is 0.613. The van der Waals surface area contributed by atoms with Crippen LogP contribution in [0.4, 0.5) is 0 Å². The summed E-state index contributed by atoms with van der Waals surface area (Å²) in [5.74, 6) is 0. The van der Waals surface area contributed by atoms with Gasteiger partial charge in [0.15, 0.2) is 0 Å². The van der Waals surface area contributed by atoms with Crippen molar-refractivity contribution >= 4 is 15.9 Å². The molecule has 5 unspecified atom stereocenters. The van der Waals surface area contributed by atoms with Gasteiger partial charge in [0.05, 0.1) is 12.2 Å². The smallest absolute Gasteiger partial charge is 0.0744 e. The molecule has 0 amide bonds. The van der Waals surface area contributed by atoms with Crippen molar-refractivity contribution in [1.82, 2.24) is 5.32 Å². The largest absolute Gasteiger partial charge is 0.372 e. The van der Waals surface area contributed by atoms with Gasteiger partial charge >= 0.3 is 0 Å². The Hall–Kier alpha value is 0.400. The molecule has 11 heavy (non-hydrogen) atoms. The van der Waals surface area contributed by atoms with Crippen molar-refractivity contribution in [2.45, 2.75) is 48.4 Å². The molecule has 5 fully saturated rings. The molecule has 0 aliphatic carbocycles. The maximum Gasteiger partial charge on any atom is 0.0744 e. The van der Waals surface area contributed by atoms with Gasteiger partial charge in [-0.05, 0) is 19.3 Å². The third-order valence-corrected chi connectivity index (χ3v) is 4.16. The van der Waals surface area contributed by atoms with Crippen molar-refractivity contribution in [3.05, 3.63) is 0 Å². The average molecular weight is 218 g/mol. The van der Waals surface area contributed by atoms with Crippen molar-refractivity contribution in [2.75, 3.05) is 0 Å². The summed E-state index contributed by atoms with van der Waals surface area (Å²) in [7, 11) is 0. The predicted octanol–water partition coefficient (Wildman–Crippen LogP) is 1.04. The zero-order chi connectivity index (χ0) is 7.42. The van der Waals surface area contributed by atoms with E-state index in [1.54, 1.807) is 0 Å².